The molecule has 0 unspecified atom stereocenters. The van der Waals surface area contributed by atoms with Crippen molar-refractivity contribution in [1.82, 2.24) is 24.3 Å². The molecule has 1 aliphatic carbocycles. The van der Waals surface area contributed by atoms with Gasteiger partial charge in [-0.3, -0.25) is 13.9 Å². The zero-order valence-corrected chi connectivity index (χ0v) is 15.4. The summed E-state index contributed by atoms with van der Waals surface area (Å²) >= 11 is 0. The summed E-state index contributed by atoms with van der Waals surface area (Å²) in [7, 11) is 1.62. The third-order valence-corrected chi connectivity index (χ3v) is 5.41. The number of nitrogens with zero attached hydrogens (tertiary/aromatic N) is 5. The minimum Gasteiger partial charge on any atom is -0.361 e. The summed E-state index contributed by atoms with van der Waals surface area (Å²) in [5, 5.41) is 4.57. The Labute approximate surface area is 155 Å². The Hall–Kier alpha value is -2.77. The maximum absolute atomic E-state index is 12.6. The number of fused-ring (bicyclic) bond motifs is 1. The predicted molar refractivity (Wildman–Crippen MR) is 99.7 cm³/mol. The lowest BCUT2D eigenvalue weighted by Crippen LogP contribution is -2.39. The third-order valence-electron chi connectivity index (χ3n) is 5.41. The van der Waals surface area contributed by atoms with Crippen LogP contribution < -0.4 is 11.2 Å². The van der Waals surface area contributed by atoms with Crippen LogP contribution in [0.5, 0.6) is 0 Å². The van der Waals surface area contributed by atoms with E-state index < -0.39 is 0 Å². The van der Waals surface area contributed by atoms with Gasteiger partial charge in [-0.25, -0.2) is 14.8 Å². The molecule has 0 radical (unpaired) electrons. The van der Waals surface area contributed by atoms with Crippen LogP contribution in [0.1, 0.15) is 55.9 Å². The van der Waals surface area contributed by atoms with Crippen LogP contribution in [-0.2, 0) is 20.0 Å². The first-order valence-corrected chi connectivity index (χ1v) is 9.50. The van der Waals surface area contributed by atoms with Gasteiger partial charge in [0.15, 0.2) is 5.65 Å². The zero-order chi connectivity index (χ0) is 18.8. The zero-order valence-electron chi connectivity index (χ0n) is 15.4. The van der Waals surface area contributed by atoms with Crippen LogP contribution in [0.15, 0.2) is 32.7 Å². The van der Waals surface area contributed by atoms with Gasteiger partial charge in [0.25, 0.3) is 5.56 Å². The van der Waals surface area contributed by atoms with Gasteiger partial charge in [0.05, 0.1) is 5.69 Å². The van der Waals surface area contributed by atoms with Crippen molar-refractivity contribution in [1.29, 1.82) is 0 Å². The van der Waals surface area contributed by atoms with Crippen LogP contribution in [0, 0.1) is 0 Å². The van der Waals surface area contributed by atoms with E-state index in [1.165, 1.54) is 47.3 Å². The van der Waals surface area contributed by atoms with Crippen LogP contribution in [0.4, 0.5) is 0 Å². The monoisotopic (exact) mass is 369 g/mol. The Morgan fingerprint density at radius 2 is 2.04 bits per heavy atom. The van der Waals surface area contributed by atoms with Crippen LogP contribution in [-0.4, -0.2) is 24.3 Å². The highest BCUT2D eigenvalue weighted by Crippen LogP contribution is 2.33. The first-order valence-electron chi connectivity index (χ1n) is 9.50. The number of unbranched alkanes of at least 4 members (excludes halogenated alkanes) is 1. The number of aromatic nitrogens is 5. The summed E-state index contributed by atoms with van der Waals surface area (Å²) in [6.07, 6.45) is 10.0. The molecule has 0 bridgehead atoms. The van der Waals surface area contributed by atoms with E-state index in [-0.39, 0.29) is 11.2 Å². The first-order chi connectivity index (χ1) is 13.1. The van der Waals surface area contributed by atoms with E-state index in [0.29, 0.717) is 29.9 Å². The van der Waals surface area contributed by atoms with Crippen molar-refractivity contribution in [3.05, 3.63) is 50.9 Å². The molecule has 1 fully saturated rings. The van der Waals surface area contributed by atoms with Gasteiger partial charge in [0.1, 0.15) is 17.5 Å². The second-order valence-electron chi connectivity index (χ2n) is 7.21. The van der Waals surface area contributed by atoms with E-state index >= 15 is 0 Å². The molecular weight excluding hydrogens is 346 g/mol. The summed E-state index contributed by atoms with van der Waals surface area (Å²) in [6, 6.07) is 2.06. The summed E-state index contributed by atoms with van der Waals surface area (Å²) < 4.78 is 8.10. The highest BCUT2D eigenvalue weighted by Gasteiger charge is 2.20. The Balaban J connectivity index is 1.41. The average molecular weight is 369 g/mol. The molecule has 0 amide bonds. The minimum atomic E-state index is -0.352. The summed E-state index contributed by atoms with van der Waals surface area (Å²) in [6.45, 7) is 0.361. The lowest BCUT2D eigenvalue weighted by molar-refractivity contribution is 0.367. The van der Waals surface area contributed by atoms with Crippen molar-refractivity contribution < 1.29 is 4.52 Å². The van der Waals surface area contributed by atoms with Crippen molar-refractivity contribution in [2.45, 2.75) is 57.4 Å². The van der Waals surface area contributed by atoms with Gasteiger partial charge < -0.3 is 4.52 Å². The molecular formula is C19H23N5O3. The fourth-order valence-electron chi connectivity index (χ4n) is 3.87. The molecule has 0 N–H and O–H groups in total. The van der Waals surface area contributed by atoms with Crippen LogP contribution in [0.2, 0.25) is 0 Å². The molecule has 3 aromatic heterocycles. The second kappa shape index (κ2) is 7.46. The molecule has 3 heterocycles. The number of hydrogen-bond donors (Lipinski definition) is 0. The molecule has 8 nitrogen and oxygen atoms in total. The smallest absolute Gasteiger partial charge is 0.332 e. The van der Waals surface area contributed by atoms with Gasteiger partial charge in [-0.05, 0) is 25.7 Å². The largest absolute Gasteiger partial charge is 0.361 e. The Bertz CT molecular complexity index is 1060. The molecule has 0 spiro atoms. The van der Waals surface area contributed by atoms with Gasteiger partial charge in [0, 0.05) is 38.2 Å². The summed E-state index contributed by atoms with van der Waals surface area (Å²) in [5.74, 6) is 1.42. The quantitative estimate of drug-likeness (QED) is 0.618. The number of hydrogen-bond acceptors (Lipinski definition) is 6. The average Bonchev–Trinajstić information content (AvgIpc) is 3.37. The van der Waals surface area contributed by atoms with E-state index in [4.69, 9.17) is 4.52 Å². The maximum Gasteiger partial charge on any atom is 0.332 e. The second-order valence-corrected chi connectivity index (χ2v) is 7.21. The molecule has 1 aliphatic rings. The topological polar surface area (TPSA) is 95.8 Å². The highest BCUT2D eigenvalue weighted by atomic mass is 16.5. The molecule has 1 saturated carbocycles. The van der Waals surface area contributed by atoms with Gasteiger partial charge in [-0.1, -0.05) is 18.0 Å². The summed E-state index contributed by atoms with van der Waals surface area (Å²) in [4.78, 5) is 32.9. The molecule has 3 aromatic rings. The van der Waals surface area contributed by atoms with Crippen molar-refractivity contribution in [3.8, 4) is 0 Å². The molecule has 142 valence electrons. The standard InChI is InChI=1S/C19H23N5O3/c1-23-17-15(11-20-12-21-17)18(25)24(19(23)26)9-5-4-8-14-10-16(22-27-14)13-6-2-3-7-13/h10-13H,2-9H2,1H3. The normalized spacial score (nSPS) is 15.0. The number of rotatable bonds is 6. The van der Waals surface area contributed by atoms with Gasteiger partial charge in [0.2, 0.25) is 0 Å². The van der Waals surface area contributed by atoms with Crippen LogP contribution in [0.3, 0.4) is 0 Å². The lowest BCUT2D eigenvalue weighted by Gasteiger charge is -2.09. The third kappa shape index (κ3) is 3.43. The van der Waals surface area contributed by atoms with Crippen molar-refractivity contribution >= 4 is 11.0 Å². The SMILES string of the molecule is Cn1c(=O)n(CCCCc2cc(C3CCCC3)no2)c(=O)c2cncnc21. The number of aryl methyl sites for hydroxylation is 2. The Kier molecular flexibility index (Phi) is 4.87. The van der Waals surface area contributed by atoms with Gasteiger partial charge in [-0.2, -0.15) is 0 Å². The highest BCUT2D eigenvalue weighted by molar-refractivity contribution is 5.72. The Morgan fingerprint density at radius 1 is 1.22 bits per heavy atom. The van der Waals surface area contributed by atoms with E-state index in [1.807, 2.05) is 0 Å². The van der Waals surface area contributed by atoms with Gasteiger partial charge in [-0.15, -0.1) is 0 Å². The van der Waals surface area contributed by atoms with E-state index in [1.54, 1.807) is 7.05 Å². The van der Waals surface area contributed by atoms with Crippen molar-refractivity contribution in [2.24, 2.45) is 7.05 Å². The molecule has 0 aromatic carbocycles. The first kappa shape index (κ1) is 17.6. The van der Waals surface area contributed by atoms with E-state index in [9.17, 15) is 9.59 Å². The molecule has 0 atom stereocenters. The Morgan fingerprint density at radius 3 is 2.85 bits per heavy atom. The van der Waals surface area contributed by atoms with Crippen LogP contribution in [0.25, 0.3) is 11.0 Å². The molecule has 8 heteroatoms. The van der Waals surface area contributed by atoms with Crippen LogP contribution >= 0.6 is 0 Å². The molecule has 0 aliphatic heterocycles. The van der Waals surface area contributed by atoms with Crippen molar-refractivity contribution in [2.75, 3.05) is 0 Å². The molecule has 0 saturated heterocycles. The fourth-order valence-corrected chi connectivity index (χ4v) is 3.87. The minimum absolute atomic E-state index is 0.336. The van der Waals surface area contributed by atoms with E-state index in [2.05, 4.69) is 21.2 Å². The maximum atomic E-state index is 12.6. The molecule has 4 rings (SSSR count). The molecule has 27 heavy (non-hydrogen) atoms. The predicted octanol–water partition coefficient (Wildman–Crippen LogP) is 2.16. The van der Waals surface area contributed by atoms with Crippen molar-refractivity contribution in [3.63, 3.8) is 0 Å². The summed E-state index contributed by atoms with van der Waals surface area (Å²) in [5.41, 5.74) is 0.741. The fraction of sp³-hybridized carbons (Fsp3) is 0.526. The van der Waals surface area contributed by atoms with E-state index in [0.717, 1.165) is 24.3 Å². The lowest BCUT2D eigenvalue weighted by atomic mass is 10.0. The van der Waals surface area contributed by atoms with Gasteiger partial charge >= 0.3 is 5.69 Å².